The van der Waals surface area contributed by atoms with E-state index in [0.29, 0.717) is 0 Å². The standard InChI is InChI=1S/C14H16BrN3O/c1-2-18-8-17-7-12(18)14-6-11(16)10-4-3-9(15)5-13(10)19-14/h3-5,7-8,11,14H,2,6,16H2,1H3/t11-,14?/m0/s1. The lowest BCUT2D eigenvalue weighted by atomic mass is 9.96. The first-order valence-corrected chi connectivity index (χ1v) is 7.20. The van der Waals surface area contributed by atoms with Crippen molar-refractivity contribution in [3.63, 3.8) is 0 Å². The first kappa shape index (κ1) is 12.7. The van der Waals surface area contributed by atoms with E-state index in [1.54, 1.807) is 0 Å². The largest absolute Gasteiger partial charge is 0.484 e. The molecule has 0 saturated carbocycles. The van der Waals surface area contributed by atoms with E-state index in [4.69, 9.17) is 10.5 Å². The molecule has 2 atom stereocenters. The van der Waals surface area contributed by atoms with Crippen LogP contribution in [-0.2, 0) is 6.54 Å². The third-order valence-corrected chi connectivity index (χ3v) is 4.02. The van der Waals surface area contributed by atoms with Gasteiger partial charge in [-0.2, -0.15) is 0 Å². The Balaban J connectivity index is 1.96. The van der Waals surface area contributed by atoms with Crippen molar-refractivity contribution in [3.8, 4) is 5.75 Å². The molecule has 0 saturated heterocycles. The number of hydrogen-bond donors (Lipinski definition) is 1. The molecule has 4 nitrogen and oxygen atoms in total. The van der Waals surface area contributed by atoms with E-state index in [1.807, 2.05) is 30.7 Å². The van der Waals surface area contributed by atoms with Gasteiger partial charge in [0.1, 0.15) is 11.9 Å². The molecule has 1 unspecified atom stereocenters. The van der Waals surface area contributed by atoms with Crippen LogP contribution < -0.4 is 10.5 Å². The van der Waals surface area contributed by atoms with Crippen molar-refractivity contribution < 1.29 is 4.74 Å². The highest BCUT2D eigenvalue weighted by molar-refractivity contribution is 9.10. The van der Waals surface area contributed by atoms with Crippen LogP contribution in [0.2, 0.25) is 0 Å². The molecule has 2 N–H and O–H groups in total. The molecule has 0 amide bonds. The zero-order chi connectivity index (χ0) is 13.4. The fourth-order valence-corrected chi connectivity index (χ4v) is 2.86. The summed E-state index contributed by atoms with van der Waals surface area (Å²) in [5, 5.41) is 0. The fraction of sp³-hybridized carbons (Fsp3) is 0.357. The zero-order valence-corrected chi connectivity index (χ0v) is 12.3. The molecule has 1 aromatic heterocycles. The van der Waals surface area contributed by atoms with Crippen LogP contribution in [0.3, 0.4) is 0 Å². The highest BCUT2D eigenvalue weighted by Crippen LogP contribution is 2.40. The average Bonchev–Trinajstić information content (AvgIpc) is 2.86. The number of rotatable bonds is 2. The molecule has 2 aromatic rings. The normalized spacial score (nSPS) is 21.8. The predicted octanol–water partition coefficient (Wildman–Crippen LogP) is 3.19. The summed E-state index contributed by atoms with van der Waals surface area (Å²) < 4.78 is 9.20. The van der Waals surface area contributed by atoms with Crippen LogP contribution in [0.5, 0.6) is 5.75 Å². The van der Waals surface area contributed by atoms with E-state index >= 15 is 0 Å². The van der Waals surface area contributed by atoms with E-state index < -0.39 is 0 Å². The molecule has 5 heteroatoms. The first-order chi connectivity index (χ1) is 9.19. The van der Waals surface area contributed by atoms with Gasteiger partial charge >= 0.3 is 0 Å². The first-order valence-electron chi connectivity index (χ1n) is 6.40. The van der Waals surface area contributed by atoms with E-state index in [0.717, 1.165) is 34.4 Å². The maximum atomic E-state index is 6.26. The van der Waals surface area contributed by atoms with Gasteiger partial charge in [0, 0.05) is 29.0 Å². The Morgan fingerprint density at radius 2 is 2.37 bits per heavy atom. The third-order valence-electron chi connectivity index (χ3n) is 3.53. The van der Waals surface area contributed by atoms with Gasteiger partial charge in [0.25, 0.3) is 0 Å². The maximum Gasteiger partial charge on any atom is 0.142 e. The van der Waals surface area contributed by atoms with Crippen LogP contribution in [0.25, 0.3) is 0 Å². The van der Waals surface area contributed by atoms with Gasteiger partial charge in [-0.15, -0.1) is 0 Å². The number of aromatic nitrogens is 2. The summed E-state index contributed by atoms with van der Waals surface area (Å²) in [6.45, 7) is 2.98. The molecule has 0 spiro atoms. The summed E-state index contributed by atoms with van der Waals surface area (Å²) >= 11 is 3.47. The molecule has 1 aliphatic rings. The SMILES string of the molecule is CCn1cncc1C1C[C@H](N)c2ccc(Br)cc2O1. The van der Waals surface area contributed by atoms with Crippen molar-refractivity contribution in [1.29, 1.82) is 0 Å². The molecular weight excluding hydrogens is 306 g/mol. The van der Waals surface area contributed by atoms with Gasteiger partial charge in [0.15, 0.2) is 0 Å². The Labute approximate surface area is 120 Å². The zero-order valence-electron chi connectivity index (χ0n) is 10.7. The molecule has 1 aromatic carbocycles. The number of nitrogens with two attached hydrogens (primary N) is 1. The number of imidazole rings is 1. The minimum atomic E-state index is -0.0285. The minimum absolute atomic E-state index is 0.00190. The van der Waals surface area contributed by atoms with Crippen LogP contribution in [0.15, 0.2) is 35.2 Å². The van der Waals surface area contributed by atoms with Crippen LogP contribution in [0.1, 0.15) is 36.7 Å². The van der Waals surface area contributed by atoms with Crippen molar-refractivity contribution in [3.05, 3.63) is 46.5 Å². The van der Waals surface area contributed by atoms with Crippen LogP contribution in [0.4, 0.5) is 0 Å². The number of nitrogens with zero attached hydrogens (tertiary/aromatic N) is 2. The van der Waals surface area contributed by atoms with Gasteiger partial charge in [-0.05, 0) is 19.1 Å². The van der Waals surface area contributed by atoms with Crippen molar-refractivity contribution >= 4 is 15.9 Å². The molecule has 0 aliphatic carbocycles. The summed E-state index contributed by atoms with van der Waals surface area (Å²) in [6.07, 6.45) is 4.45. The summed E-state index contributed by atoms with van der Waals surface area (Å²) in [7, 11) is 0. The van der Waals surface area contributed by atoms with Gasteiger partial charge in [-0.1, -0.05) is 22.0 Å². The number of hydrogen-bond acceptors (Lipinski definition) is 3. The van der Waals surface area contributed by atoms with Crippen LogP contribution >= 0.6 is 15.9 Å². The highest BCUT2D eigenvalue weighted by Gasteiger charge is 2.28. The summed E-state index contributed by atoms with van der Waals surface area (Å²) in [5.41, 5.74) is 8.42. The molecule has 3 rings (SSSR count). The average molecular weight is 322 g/mol. The lowest BCUT2D eigenvalue weighted by Crippen LogP contribution is -2.25. The third kappa shape index (κ3) is 2.28. The molecule has 0 radical (unpaired) electrons. The smallest absolute Gasteiger partial charge is 0.142 e. The molecule has 19 heavy (non-hydrogen) atoms. The predicted molar refractivity (Wildman–Crippen MR) is 77.0 cm³/mol. The van der Waals surface area contributed by atoms with Gasteiger partial charge in [-0.25, -0.2) is 4.98 Å². The second-order valence-electron chi connectivity index (χ2n) is 4.74. The lowest BCUT2D eigenvalue weighted by Gasteiger charge is -2.30. The maximum absolute atomic E-state index is 6.26. The fourth-order valence-electron chi connectivity index (χ4n) is 2.52. The van der Waals surface area contributed by atoms with Crippen LogP contribution in [0, 0.1) is 0 Å². The number of fused-ring (bicyclic) bond motifs is 1. The number of ether oxygens (including phenoxy) is 1. The summed E-state index contributed by atoms with van der Waals surface area (Å²) in [4.78, 5) is 4.20. The monoisotopic (exact) mass is 321 g/mol. The number of benzene rings is 1. The Hall–Kier alpha value is -1.33. The van der Waals surface area contributed by atoms with Crippen LogP contribution in [-0.4, -0.2) is 9.55 Å². The van der Waals surface area contributed by atoms with Crippen molar-refractivity contribution in [2.45, 2.75) is 32.0 Å². The van der Waals surface area contributed by atoms with E-state index in [9.17, 15) is 0 Å². The number of halogens is 1. The quantitative estimate of drug-likeness (QED) is 0.924. The van der Waals surface area contributed by atoms with E-state index in [1.165, 1.54) is 0 Å². The van der Waals surface area contributed by atoms with Crippen molar-refractivity contribution in [2.24, 2.45) is 5.73 Å². The van der Waals surface area contributed by atoms with Gasteiger partial charge in [0.2, 0.25) is 0 Å². The van der Waals surface area contributed by atoms with E-state index in [2.05, 4.69) is 32.4 Å². The molecular formula is C14H16BrN3O. The van der Waals surface area contributed by atoms with Gasteiger partial charge in [0.05, 0.1) is 18.2 Å². The molecule has 0 fully saturated rings. The second-order valence-corrected chi connectivity index (χ2v) is 5.65. The number of aryl methyl sites for hydroxylation is 1. The Bertz CT molecular complexity index is 596. The lowest BCUT2D eigenvalue weighted by molar-refractivity contribution is 0.153. The van der Waals surface area contributed by atoms with Crippen molar-refractivity contribution in [2.75, 3.05) is 0 Å². The minimum Gasteiger partial charge on any atom is -0.484 e. The Morgan fingerprint density at radius 1 is 1.53 bits per heavy atom. The molecule has 0 bridgehead atoms. The van der Waals surface area contributed by atoms with Gasteiger partial charge < -0.3 is 15.0 Å². The molecule has 1 aliphatic heterocycles. The Kier molecular flexibility index (Phi) is 3.33. The topological polar surface area (TPSA) is 53.1 Å². The highest BCUT2D eigenvalue weighted by atomic mass is 79.9. The molecule has 100 valence electrons. The van der Waals surface area contributed by atoms with E-state index in [-0.39, 0.29) is 12.1 Å². The second kappa shape index (κ2) is 4.98. The Morgan fingerprint density at radius 3 is 3.16 bits per heavy atom. The van der Waals surface area contributed by atoms with Crippen molar-refractivity contribution in [1.82, 2.24) is 9.55 Å². The summed E-state index contributed by atoms with van der Waals surface area (Å²) in [5.74, 6) is 0.863. The van der Waals surface area contributed by atoms with Gasteiger partial charge in [-0.3, -0.25) is 0 Å². The molecule has 2 heterocycles. The summed E-state index contributed by atoms with van der Waals surface area (Å²) in [6, 6.07) is 6.01.